The highest BCUT2D eigenvalue weighted by molar-refractivity contribution is 5.89. The van der Waals surface area contributed by atoms with Crippen molar-refractivity contribution in [2.45, 2.75) is 26.0 Å². The lowest BCUT2D eigenvalue weighted by Gasteiger charge is -2.18. The van der Waals surface area contributed by atoms with Gasteiger partial charge in [0.15, 0.2) is 0 Å². The van der Waals surface area contributed by atoms with Crippen molar-refractivity contribution < 1.29 is 9.53 Å². The summed E-state index contributed by atoms with van der Waals surface area (Å²) >= 11 is 0. The van der Waals surface area contributed by atoms with E-state index in [1.807, 2.05) is 49.4 Å². The summed E-state index contributed by atoms with van der Waals surface area (Å²) in [5.41, 5.74) is 8.35. The van der Waals surface area contributed by atoms with Gasteiger partial charge < -0.3 is 20.7 Å². The maximum atomic E-state index is 12.3. The minimum Gasteiger partial charge on any atom is -0.472 e. The lowest BCUT2D eigenvalue weighted by atomic mass is 10.2. The number of rotatable bonds is 4. The van der Waals surface area contributed by atoms with E-state index in [2.05, 4.69) is 10.3 Å². The molecule has 24 heavy (non-hydrogen) atoms. The van der Waals surface area contributed by atoms with Gasteiger partial charge in [-0.15, -0.1) is 0 Å². The van der Waals surface area contributed by atoms with Crippen LogP contribution in [-0.4, -0.2) is 35.1 Å². The van der Waals surface area contributed by atoms with Crippen molar-refractivity contribution in [3.8, 4) is 5.88 Å². The first-order valence-corrected chi connectivity index (χ1v) is 8.09. The lowest BCUT2D eigenvalue weighted by molar-refractivity contribution is 0.189. The Kier molecular flexibility index (Phi) is 4.96. The first-order valence-electron chi connectivity index (χ1n) is 8.09. The average Bonchev–Trinajstić information content (AvgIpc) is 3.04. The van der Waals surface area contributed by atoms with E-state index in [0.717, 1.165) is 23.4 Å². The topological polar surface area (TPSA) is 80.5 Å². The molecule has 0 aliphatic carbocycles. The number of aryl methyl sites for hydroxylation is 1. The number of hydrogen-bond acceptors (Lipinski definition) is 4. The van der Waals surface area contributed by atoms with Crippen LogP contribution in [0.25, 0.3) is 0 Å². The molecule has 0 spiro atoms. The Bertz CT molecular complexity index is 705. The van der Waals surface area contributed by atoms with E-state index >= 15 is 0 Å². The second-order valence-electron chi connectivity index (χ2n) is 5.93. The Morgan fingerprint density at radius 2 is 2.17 bits per heavy atom. The normalized spacial score (nSPS) is 16.9. The van der Waals surface area contributed by atoms with Crippen LogP contribution in [0.2, 0.25) is 0 Å². The van der Waals surface area contributed by atoms with Crippen molar-refractivity contribution in [1.82, 2.24) is 9.88 Å². The van der Waals surface area contributed by atoms with Crippen LogP contribution in [-0.2, 0) is 6.54 Å². The molecule has 3 rings (SSSR count). The number of urea groups is 1. The quantitative estimate of drug-likeness (QED) is 0.905. The van der Waals surface area contributed by atoms with Gasteiger partial charge in [0, 0.05) is 37.0 Å². The SMILES string of the molecule is Cc1cc(CN)cc(O[C@H]2CCN(C(=O)Nc3ccccc3)C2)n1. The molecule has 1 aromatic heterocycles. The van der Waals surface area contributed by atoms with Crippen molar-refractivity contribution in [2.24, 2.45) is 5.73 Å². The Morgan fingerprint density at radius 1 is 1.38 bits per heavy atom. The Hall–Kier alpha value is -2.60. The Morgan fingerprint density at radius 3 is 2.92 bits per heavy atom. The van der Waals surface area contributed by atoms with Gasteiger partial charge in [-0.1, -0.05) is 18.2 Å². The molecule has 0 unspecified atom stereocenters. The van der Waals surface area contributed by atoms with E-state index in [4.69, 9.17) is 10.5 Å². The van der Waals surface area contributed by atoms with Gasteiger partial charge in [0.1, 0.15) is 6.10 Å². The van der Waals surface area contributed by atoms with E-state index in [1.54, 1.807) is 4.90 Å². The van der Waals surface area contributed by atoms with Crippen LogP contribution in [0, 0.1) is 6.92 Å². The molecular weight excluding hydrogens is 304 g/mol. The van der Waals surface area contributed by atoms with Gasteiger partial charge in [-0.25, -0.2) is 9.78 Å². The largest absolute Gasteiger partial charge is 0.472 e. The number of carbonyl (C=O) groups is 1. The number of pyridine rings is 1. The Labute approximate surface area is 141 Å². The van der Waals surface area contributed by atoms with Crippen LogP contribution in [0.4, 0.5) is 10.5 Å². The van der Waals surface area contributed by atoms with E-state index in [0.29, 0.717) is 25.5 Å². The lowest BCUT2D eigenvalue weighted by Crippen LogP contribution is -2.34. The second kappa shape index (κ2) is 7.31. The molecule has 0 bridgehead atoms. The maximum absolute atomic E-state index is 12.3. The number of nitrogens with one attached hydrogen (secondary N) is 1. The molecule has 2 amide bonds. The number of amides is 2. The fraction of sp³-hybridized carbons (Fsp3) is 0.333. The fourth-order valence-corrected chi connectivity index (χ4v) is 2.79. The third-order valence-electron chi connectivity index (χ3n) is 3.97. The van der Waals surface area contributed by atoms with Crippen molar-refractivity contribution in [3.05, 3.63) is 53.7 Å². The first kappa shape index (κ1) is 16.3. The molecule has 0 saturated carbocycles. The van der Waals surface area contributed by atoms with Gasteiger partial charge in [-0.05, 0) is 30.7 Å². The molecule has 1 aliphatic rings. The van der Waals surface area contributed by atoms with E-state index in [1.165, 1.54) is 0 Å². The third kappa shape index (κ3) is 4.02. The van der Waals surface area contributed by atoms with Crippen molar-refractivity contribution in [1.29, 1.82) is 0 Å². The molecule has 2 heterocycles. The number of nitrogens with zero attached hydrogens (tertiary/aromatic N) is 2. The summed E-state index contributed by atoms with van der Waals surface area (Å²) in [6.07, 6.45) is 0.738. The third-order valence-corrected chi connectivity index (χ3v) is 3.97. The number of aromatic nitrogens is 1. The number of para-hydroxylation sites is 1. The zero-order valence-electron chi connectivity index (χ0n) is 13.7. The molecule has 2 aromatic rings. The molecule has 126 valence electrons. The summed E-state index contributed by atoms with van der Waals surface area (Å²) in [5, 5.41) is 2.89. The molecular formula is C18H22N4O2. The van der Waals surface area contributed by atoms with Crippen molar-refractivity contribution >= 4 is 11.7 Å². The van der Waals surface area contributed by atoms with Crippen LogP contribution in [0.5, 0.6) is 5.88 Å². The van der Waals surface area contributed by atoms with Crippen LogP contribution >= 0.6 is 0 Å². The molecule has 1 fully saturated rings. The van der Waals surface area contributed by atoms with Gasteiger partial charge in [0.05, 0.1) is 6.54 Å². The number of ether oxygens (including phenoxy) is 1. The van der Waals surface area contributed by atoms with Crippen molar-refractivity contribution in [3.63, 3.8) is 0 Å². The highest BCUT2D eigenvalue weighted by Gasteiger charge is 2.28. The molecule has 6 heteroatoms. The van der Waals surface area contributed by atoms with Gasteiger partial charge in [-0.3, -0.25) is 0 Å². The fourth-order valence-electron chi connectivity index (χ4n) is 2.79. The van der Waals surface area contributed by atoms with Gasteiger partial charge in [0.2, 0.25) is 5.88 Å². The summed E-state index contributed by atoms with van der Waals surface area (Å²) in [7, 11) is 0. The van der Waals surface area contributed by atoms with Crippen LogP contribution in [0.3, 0.4) is 0 Å². The van der Waals surface area contributed by atoms with Crippen LogP contribution in [0.15, 0.2) is 42.5 Å². The zero-order chi connectivity index (χ0) is 16.9. The van der Waals surface area contributed by atoms with Crippen LogP contribution in [0.1, 0.15) is 17.7 Å². The van der Waals surface area contributed by atoms with Gasteiger partial charge in [-0.2, -0.15) is 0 Å². The van der Waals surface area contributed by atoms with Crippen molar-refractivity contribution in [2.75, 3.05) is 18.4 Å². The van der Waals surface area contributed by atoms with Gasteiger partial charge in [0.25, 0.3) is 0 Å². The summed E-state index contributed by atoms with van der Waals surface area (Å²) in [6.45, 7) is 3.58. The second-order valence-corrected chi connectivity index (χ2v) is 5.93. The van der Waals surface area contributed by atoms with E-state index in [9.17, 15) is 4.79 Å². The number of carbonyl (C=O) groups excluding carboxylic acids is 1. The monoisotopic (exact) mass is 326 g/mol. The summed E-state index contributed by atoms with van der Waals surface area (Å²) in [4.78, 5) is 18.4. The standard InChI is InChI=1S/C18H22N4O2/c1-13-9-14(11-19)10-17(20-13)24-16-7-8-22(12-16)18(23)21-15-5-3-2-4-6-15/h2-6,9-10,16H,7-8,11-12,19H2,1H3,(H,21,23)/t16-/m0/s1. The summed E-state index contributed by atoms with van der Waals surface area (Å²) < 4.78 is 5.94. The number of nitrogens with two attached hydrogens (primary N) is 1. The van der Waals surface area contributed by atoms with E-state index in [-0.39, 0.29) is 12.1 Å². The minimum absolute atomic E-state index is 0.0496. The number of likely N-dealkylation sites (tertiary alicyclic amines) is 1. The summed E-state index contributed by atoms with van der Waals surface area (Å²) in [5.74, 6) is 0.575. The minimum atomic E-state index is -0.104. The number of benzene rings is 1. The highest BCUT2D eigenvalue weighted by atomic mass is 16.5. The predicted molar refractivity (Wildman–Crippen MR) is 92.9 cm³/mol. The average molecular weight is 326 g/mol. The maximum Gasteiger partial charge on any atom is 0.321 e. The highest BCUT2D eigenvalue weighted by Crippen LogP contribution is 2.19. The number of anilines is 1. The number of hydrogen-bond donors (Lipinski definition) is 2. The predicted octanol–water partition coefficient (Wildman–Crippen LogP) is 2.53. The van der Waals surface area contributed by atoms with Gasteiger partial charge >= 0.3 is 6.03 Å². The molecule has 1 saturated heterocycles. The summed E-state index contributed by atoms with van der Waals surface area (Å²) in [6, 6.07) is 13.1. The molecule has 0 radical (unpaired) electrons. The molecule has 1 aliphatic heterocycles. The molecule has 1 aromatic carbocycles. The molecule has 3 N–H and O–H groups in total. The molecule has 6 nitrogen and oxygen atoms in total. The smallest absolute Gasteiger partial charge is 0.321 e. The van der Waals surface area contributed by atoms with E-state index < -0.39 is 0 Å². The molecule has 1 atom stereocenters. The van der Waals surface area contributed by atoms with Crippen LogP contribution < -0.4 is 15.8 Å². The Balaban J connectivity index is 1.57. The first-order chi connectivity index (χ1) is 11.6. The zero-order valence-corrected chi connectivity index (χ0v) is 13.7.